The molecule has 0 saturated carbocycles. The van der Waals surface area contributed by atoms with Crippen molar-refractivity contribution < 1.29 is 0 Å². The van der Waals surface area contributed by atoms with Crippen molar-refractivity contribution in [2.45, 2.75) is 32.7 Å². The molecule has 96 valence electrons. The third-order valence-corrected chi connectivity index (χ3v) is 3.73. The zero-order valence-corrected chi connectivity index (χ0v) is 11.9. The zero-order valence-electron chi connectivity index (χ0n) is 11.1. The van der Waals surface area contributed by atoms with Gasteiger partial charge in [0.2, 0.25) is 0 Å². The average Bonchev–Trinajstić information content (AvgIpc) is 2.86. The van der Waals surface area contributed by atoms with E-state index in [9.17, 15) is 0 Å². The van der Waals surface area contributed by atoms with Crippen molar-refractivity contribution in [3.05, 3.63) is 46.2 Å². The van der Waals surface area contributed by atoms with Gasteiger partial charge < -0.3 is 5.32 Å². The van der Waals surface area contributed by atoms with Gasteiger partial charge in [-0.25, -0.2) is 4.98 Å². The highest BCUT2D eigenvalue weighted by atomic mass is 32.1. The topological polar surface area (TPSA) is 37.8 Å². The Morgan fingerprint density at radius 1 is 1.39 bits per heavy atom. The molecule has 3 nitrogen and oxygen atoms in total. The summed E-state index contributed by atoms with van der Waals surface area (Å²) in [5.74, 6) is 0.478. The standard InChI is InChI=1S/C14H19N3S/c1-4-16-13(11-6-5-7-15-8-11)14-17-12(9-18-14)10(2)3/h5-10,13,16H,4H2,1-3H3. The minimum atomic E-state index is 0.154. The Bertz CT molecular complexity index is 479. The van der Waals surface area contributed by atoms with Gasteiger partial charge in [0.15, 0.2) is 0 Å². The highest BCUT2D eigenvalue weighted by molar-refractivity contribution is 7.09. The molecule has 0 saturated heterocycles. The lowest BCUT2D eigenvalue weighted by Crippen LogP contribution is -2.22. The van der Waals surface area contributed by atoms with Crippen molar-refractivity contribution in [2.75, 3.05) is 6.54 Å². The fourth-order valence-corrected chi connectivity index (χ4v) is 2.88. The molecule has 1 unspecified atom stereocenters. The van der Waals surface area contributed by atoms with Crippen LogP contribution >= 0.6 is 11.3 Å². The first-order valence-electron chi connectivity index (χ1n) is 6.31. The largest absolute Gasteiger partial charge is 0.304 e. The van der Waals surface area contributed by atoms with E-state index in [-0.39, 0.29) is 6.04 Å². The van der Waals surface area contributed by atoms with E-state index < -0.39 is 0 Å². The summed E-state index contributed by atoms with van der Waals surface area (Å²) in [4.78, 5) is 8.93. The molecule has 4 heteroatoms. The Kier molecular flexibility index (Phi) is 4.44. The average molecular weight is 261 g/mol. The quantitative estimate of drug-likeness (QED) is 0.897. The second kappa shape index (κ2) is 6.07. The van der Waals surface area contributed by atoms with Crippen LogP contribution in [0.3, 0.4) is 0 Å². The van der Waals surface area contributed by atoms with Crippen LogP contribution in [-0.4, -0.2) is 16.5 Å². The van der Waals surface area contributed by atoms with E-state index in [1.807, 2.05) is 12.3 Å². The summed E-state index contributed by atoms with van der Waals surface area (Å²) in [6.07, 6.45) is 3.71. The summed E-state index contributed by atoms with van der Waals surface area (Å²) in [7, 11) is 0. The number of thiazole rings is 1. The van der Waals surface area contributed by atoms with E-state index in [1.54, 1.807) is 17.5 Å². The van der Waals surface area contributed by atoms with Crippen molar-refractivity contribution in [1.82, 2.24) is 15.3 Å². The van der Waals surface area contributed by atoms with Gasteiger partial charge in [-0.15, -0.1) is 11.3 Å². The molecular formula is C14H19N3S. The SMILES string of the molecule is CCNC(c1cccnc1)c1nc(C(C)C)cs1. The van der Waals surface area contributed by atoms with Crippen molar-refractivity contribution >= 4 is 11.3 Å². The fraction of sp³-hybridized carbons (Fsp3) is 0.429. The monoisotopic (exact) mass is 261 g/mol. The number of hydrogen-bond donors (Lipinski definition) is 1. The molecule has 0 radical (unpaired) electrons. The molecule has 0 aliphatic carbocycles. The molecule has 2 aromatic rings. The molecule has 0 aliphatic rings. The second-order valence-corrected chi connectivity index (χ2v) is 5.43. The van der Waals surface area contributed by atoms with Crippen LogP contribution in [0.25, 0.3) is 0 Å². The van der Waals surface area contributed by atoms with Gasteiger partial charge in [0.25, 0.3) is 0 Å². The second-order valence-electron chi connectivity index (χ2n) is 4.54. The minimum Gasteiger partial charge on any atom is -0.304 e. The van der Waals surface area contributed by atoms with E-state index in [2.05, 4.69) is 42.5 Å². The van der Waals surface area contributed by atoms with Crippen LogP contribution in [0.5, 0.6) is 0 Å². The van der Waals surface area contributed by atoms with Gasteiger partial charge in [-0.2, -0.15) is 0 Å². The highest BCUT2D eigenvalue weighted by Crippen LogP contribution is 2.27. The van der Waals surface area contributed by atoms with Gasteiger partial charge in [0.1, 0.15) is 5.01 Å². The van der Waals surface area contributed by atoms with E-state index in [0.29, 0.717) is 5.92 Å². The molecule has 0 bridgehead atoms. The number of rotatable bonds is 5. The molecule has 0 amide bonds. The normalized spacial score (nSPS) is 12.9. The third-order valence-electron chi connectivity index (χ3n) is 2.80. The Morgan fingerprint density at radius 2 is 2.22 bits per heavy atom. The lowest BCUT2D eigenvalue weighted by molar-refractivity contribution is 0.621. The first-order chi connectivity index (χ1) is 8.72. The van der Waals surface area contributed by atoms with Crippen molar-refractivity contribution in [2.24, 2.45) is 0 Å². The molecule has 0 spiro atoms. The molecule has 1 N–H and O–H groups in total. The highest BCUT2D eigenvalue weighted by Gasteiger charge is 2.17. The summed E-state index contributed by atoms with van der Waals surface area (Å²) in [6, 6.07) is 4.22. The molecular weight excluding hydrogens is 242 g/mol. The summed E-state index contributed by atoms with van der Waals surface area (Å²) < 4.78 is 0. The maximum absolute atomic E-state index is 4.73. The summed E-state index contributed by atoms with van der Waals surface area (Å²) >= 11 is 1.72. The molecule has 18 heavy (non-hydrogen) atoms. The fourth-order valence-electron chi connectivity index (χ4n) is 1.80. The van der Waals surface area contributed by atoms with Gasteiger partial charge in [-0.1, -0.05) is 26.8 Å². The molecule has 1 atom stereocenters. The molecule has 0 aromatic carbocycles. The summed E-state index contributed by atoms with van der Waals surface area (Å²) in [6.45, 7) is 7.37. The van der Waals surface area contributed by atoms with Crippen LogP contribution < -0.4 is 5.32 Å². The zero-order chi connectivity index (χ0) is 13.0. The maximum Gasteiger partial charge on any atom is 0.114 e. The van der Waals surface area contributed by atoms with Crippen LogP contribution in [0.2, 0.25) is 0 Å². The van der Waals surface area contributed by atoms with Crippen molar-refractivity contribution in [3.8, 4) is 0 Å². The maximum atomic E-state index is 4.73. The third kappa shape index (κ3) is 2.94. The minimum absolute atomic E-state index is 0.154. The van der Waals surface area contributed by atoms with Crippen molar-refractivity contribution in [3.63, 3.8) is 0 Å². The lowest BCUT2D eigenvalue weighted by Gasteiger charge is -2.15. The number of aromatic nitrogens is 2. The first kappa shape index (κ1) is 13.2. The summed E-state index contributed by atoms with van der Waals surface area (Å²) in [5.41, 5.74) is 2.34. The Morgan fingerprint density at radius 3 is 2.78 bits per heavy atom. The van der Waals surface area contributed by atoms with Crippen LogP contribution in [-0.2, 0) is 0 Å². The molecule has 2 rings (SSSR count). The van der Waals surface area contributed by atoms with Gasteiger partial charge in [0, 0.05) is 17.8 Å². The number of nitrogens with zero attached hydrogens (tertiary/aromatic N) is 2. The van der Waals surface area contributed by atoms with Gasteiger partial charge in [-0.3, -0.25) is 4.98 Å². The predicted octanol–water partition coefficient (Wildman–Crippen LogP) is 3.36. The number of nitrogens with one attached hydrogen (secondary N) is 1. The van der Waals surface area contributed by atoms with E-state index in [0.717, 1.165) is 11.6 Å². The van der Waals surface area contributed by atoms with E-state index >= 15 is 0 Å². The van der Waals surface area contributed by atoms with Gasteiger partial charge in [-0.05, 0) is 24.1 Å². The number of pyridine rings is 1. The van der Waals surface area contributed by atoms with Gasteiger partial charge in [0.05, 0.1) is 11.7 Å². The van der Waals surface area contributed by atoms with Crippen LogP contribution in [0.1, 0.15) is 49.0 Å². The van der Waals surface area contributed by atoms with Crippen molar-refractivity contribution in [1.29, 1.82) is 0 Å². The molecule has 0 aliphatic heterocycles. The van der Waals surface area contributed by atoms with E-state index in [1.165, 1.54) is 11.3 Å². The van der Waals surface area contributed by atoms with Crippen LogP contribution in [0.15, 0.2) is 29.9 Å². The summed E-state index contributed by atoms with van der Waals surface area (Å²) in [5, 5.41) is 6.75. The Hall–Kier alpha value is -1.26. The molecule has 2 aromatic heterocycles. The number of hydrogen-bond acceptors (Lipinski definition) is 4. The van der Waals surface area contributed by atoms with Crippen LogP contribution in [0.4, 0.5) is 0 Å². The van der Waals surface area contributed by atoms with Gasteiger partial charge >= 0.3 is 0 Å². The molecule has 0 fully saturated rings. The smallest absolute Gasteiger partial charge is 0.114 e. The first-order valence-corrected chi connectivity index (χ1v) is 7.19. The van der Waals surface area contributed by atoms with E-state index in [4.69, 9.17) is 4.98 Å². The predicted molar refractivity (Wildman–Crippen MR) is 76.0 cm³/mol. The lowest BCUT2D eigenvalue weighted by atomic mass is 10.1. The van der Waals surface area contributed by atoms with Crippen LogP contribution in [0, 0.1) is 0 Å². The molecule has 2 heterocycles. The Balaban J connectivity index is 2.29. The Labute approximate surface area is 112 Å².